The molecule has 4 rings (SSSR count). The molecule has 33 heavy (non-hydrogen) atoms. The van der Waals surface area contributed by atoms with E-state index < -0.39 is 6.09 Å². The van der Waals surface area contributed by atoms with Gasteiger partial charge < -0.3 is 4.57 Å². The van der Waals surface area contributed by atoms with E-state index in [-0.39, 0.29) is 5.82 Å². The van der Waals surface area contributed by atoms with E-state index in [2.05, 4.69) is 35.7 Å². The number of carbonyl (C=O) groups excluding carboxylic acids is 1. The van der Waals surface area contributed by atoms with E-state index >= 15 is 0 Å². The van der Waals surface area contributed by atoms with Crippen LogP contribution in [0.5, 0.6) is 0 Å². The number of anilines is 2. The van der Waals surface area contributed by atoms with E-state index in [4.69, 9.17) is 4.84 Å². The van der Waals surface area contributed by atoms with Gasteiger partial charge in [-0.3, -0.25) is 4.84 Å². The summed E-state index contributed by atoms with van der Waals surface area (Å²) in [6, 6.07) is 26.7. The Morgan fingerprint density at radius 3 is 2.00 bits per heavy atom. The molecule has 0 N–H and O–H groups in total. The summed E-state index contributed by atoms with van der Waals surface area (Å²) in [5.74, 6) is -0.386. The summed E-state index contributed by atoms with van der Waals surface area (Å²) in [7, 11) is 0. The second kappa shape index (κ2) is 9.53. The third kappa shape index (κ3) is 4.85. The van der Waals surface area contributed by atoms with Gasteiger partial charge in [0, 0.05) is 17.1 Å². The standard InChI is InChI=1S/C27H24FN3O2/c1-19-9-10-20(2)30(19)25-15-11-22(12-16-25)21(3)29-33-27(32)31(24-7-5-4-6-8-24)26-17-13-23(28)14-18-26/h4-18H,1-3H3/b29-21-. The molecule has 0 bridgehead atoms. The summed E-state index contributed by atoms with van der Waals surface area (Å²) in [6.07, 6.45) is -0.692. The molecule has 0 radical (unpaired) electrons. The van der Waals surface area contributed by atoms with Gasteiger partial charge in [0.25, 0.3) is 0 Å². The van der Waals surface area contributed by atoms with Crippen LogP contribution in [0.15, 0.2) is 96.2 Å². The van der Waals surface area contributed by atoms with Crippen molar-refractivity contribution in [2.75, 3.05) is 4.90 Å². The fraction of sp³-hybridized carbons (Fsp3) is 0.111. The van der Waals surface area contributed by atoms with Crippen molar-refractivity contribution in [1.29, 1.82) is 0 Å². The fourth-order valence-electron chi connectivity index (χ4n) is 3.66. The Kier molecular flexibility index (Phi) is 6.36. The van der Waals surface area contributed by atoms with E-state index in [1.165, 1.54) is 29.2 Å². The Bertz CT molecular complexity index is 1260. The highest BCUT2D eigenvalue weighted by atomic mass is 19.1. The Balaban J connectivity index is 1.55. The normalized spacial score (nSPS) is 11.3. The van der Waals surface area contributed by atoms with E-state index in [1.807, 2.05) is 42.5 Å². The van der Waals surface area contributed by atoms with Crippen molar-refractivity contribution in [3.05, 3.63) is 114 Å². The number of benzene rings is 3. The summed E-state index contributed by atoms with van der Waals surface area (Å²) in [5, 5.41) is 4.06. The molecule has 0 aliphatic carbocycles. The molecule has 0 aliphatic heterocycles. The molecular formula is C27H24FN3O2. The number of aryl methyl sites for hydroxylation is 2. The first-order valence-electron chi connectivity index (χ1n) is 10.6. The molecule has 0 unspecified atom stereocenters. The SMILES string of the molecule is C/C(=N/OC(=O)N(c1ccccc1)c1ccc(F)cc1)c1ccc(-n2c(C)ccc2C)cc1. The van der Waals surface area contributed by atoms with Gasteiger partial charge in [-0.05, 0) is 87.0 Å². The van der Waals surface area contributed by atoms with Crippen LogP contribution in [0.2, 0.25) is 0 Å². The lowest BCUT2D eigenvalue weighted by Crippen LogP contribution is -2.25. The van der Waals surface area contributed by atoms with Crippen molar-refractivity contribution in [3.8, 4) is 5.69 Å². The Morgan fingerprint density at radius 1 is 0.818 bits per heavy atom. The highest BCUT2D eigenvalue weighted by molar-refractivity contribution is 6.00. The van der Waals surface area contributed by atoms with Crippen LogP contribution in [0.3, 0.4) is 0 Å². The molecule has 3 aromatic carbocycles. The van der Waals surface area contributed by atoms with Gasteiger partial charge >= 0.3 is 6.09 Å². The van der Waals surface area contributed by atoms with Crippen molar-refractivity contribution < 1.29 is 14.0 Å². The lowest BCUT2D eigenvalue weighted by Gasteiger charge is -2.20. The zero-order chi connectivity index (χ0) is 23.4. The first-order chi connectivity index (χ1) is 15.9. The predicted octanol–water partition coefficient (Wildman–Crippen LogP) is 6.93. The van der Waals surface area contributed by atoms with Crippen molar-refractivity contribution in [2.24, 2.45) is 5.16 Å². The zero-order valence-corrected chi connectivity index (χ0v) is 18.7. The number of para-hydroxylation sites is 1. The number of carbonyl (C=O) groups is 1. The van der Waals surface area contributed by atoms with Crippen molar-refractivity contribution in [1.82, 2.24) is 4.57 Å². The minimum Gasteiger partial charge on any atom is -0.319 e. The van der Waals surface area contributed by atoms with Crippen molar-refractivity contribution in [3.63, 3.8) is 0 Å². The molecule has 0 saturated heterocycles. The summed E-state index contributed by atoms with van der Waals surface area (Å²) >= 11 is 0. The third-order valence-electron chi connectivity index (χ3n) is 5.36. The number of hydrogen-bond donors (Lipinski definition) is 0. The van der Waals surface area contributed by atoms with Crippen LogP contribution in [0.4, 0.5) is 20.6 Å². The second-order valence-corrected chi connectivity index (χ2v) is 7.68. The van der Waals surface area contributed by atoms with Crippen molar-refractivity contribution >= 4 is 23.2 Å². The highest BCUT2D eigenvalue weighted by Crippen LogP contribution is 2.26. The zero-order valence-electron chi connectivity index (χ0n) is 18.7. The molecular weight excluding hydrogens is 417 g/mol. The first-order valence-corrected chi connectivity index (χ1v) is 10.6. The minimum absolute atomic E-state index is 0.386. The molecule has 1 amide bonds. The molecule has 0 saturated carbocycles. The maximum absolute atomic E-state index is 13.4. The number of amides is 1. The number of halogens is 1. The number of rotatable bonds is 5. The van der Waals surface area contributed by atoms with Gasteiger partial charge in [0.1, 0.15) is 5.82 Å². The van der Waals surface area contributed by atoms with Gasteiger partial charge in [-0.25, -0.2) is 14.1 Å². The molecule has 1 aromatic heterocycles. The Hall–Kier alpha value is -4.19. The van der Waals surface area contributed by atoms with Crippen LogP contribution in [-0.2, 0) is 4.84 Å². The summed E-state index contributed by atoms with van der Waals surface area (Å²) in [4.78, 5) is 19.6. The smallest absolute Gasteiger partial charge is 0.319 e. The second-order valence-electron chi connectivity index (χ2n) is 7.68. The van der Waals surface area contributed by atoms with Gasteiger partial charge in [0.15, 0.2) is 0 Å². The predicted molar refractivity (Wildman–Crippen MR) is 129 cm³/mol. The molecule has 0 aliphatic rings. The quantitative estimate of drug-likeness (QED) is 0.191. The van der Waals surface area contributed by atoms with Crippen LogP contribution in [0, 0.1) is 19.7 Å². The van der Waals surface area contributed by atoms with Crippen LogP contribution < -0.4 is 4.90 Å². The first kappa shape index (κ1) is 22.0. The molecule has 6 heteroatoms. The van der Waals surface area contributed by atoms with Crippen molar-refractivity contribution in [2.45, 2.75) is 20.8 Å². The van der Waals surface area contributed by atoms with Gasteiger partial charge in [0.2, 0.25) is 0 Å². The summed E-state index contributed by atoms with van der Waals surface area (Å²) in [5.41, 5.74) is 5.81. The molecule has 4 aromatic rings. The molecule has 0 spiro atoms. The molecule has 5 nitrogen and oxygen atoms in total. The molecule has 166 valence electrons. The van der Waals surface area contributed by atoms with Gasteiger partial charge in [-0.1, -0.05) is 35.5 Å². The third-order valence-corrected chi connectivity index (χ3v) is 5.36. The van der Waals surface area contributed by atoms with Gasteiger partial charge in [-0.15, -0.1) is 0 Å². The Labute approximate surface area is 192 Å². The number of nitrogens with zero attached hydrogens (tertiary/aromatic N) is 3. The van der Waals surface area contributed by atoms with E-state index in [0.717, 1.165) is 22.6 Å². The number of oxime groups is 1. The monoisotopic (exact) mass is 441 g/mol. The van der Waals surface area contributed by atoms with Crippen LogP contribution in [0.25, 0.3) is 5.69 Å². The minimum atomic E-state index is -0.692. The van der Waals surface area contributed by atoms with Gasteiger partial charge in [-0.2, -0.15) is 0 Å². The van der Waals surface area contributed by atoms with E-state index in [9.17, 15) is 9.18 Å². The largest absolute Gasteiger partial charge is 0.445 e. The lowest BCUT2D eigenvalue weighted by molar-refractivity contribution is 0.161. The number of hydrogen-bond acceptors (Lipinski definition) is 3. The number of aromatic nitrogens is 1. The average Bonchev–Trinajstić information content (AvgIpc) is 3.17. The molecule has 0 fully saturated rings. The maximum atomic E-state index is 13.4. The van der Waals surface area contributed by atoms with Crippen LogP contribution in [-0.4, -0.2) is 16.4 Å². The summed E-state index contributed by atoms with van der Waals surface area (Å²) in [6.45, 7) is 5.90. The van der Waals surface area contributed by atoms with Crippen LogP contribution >= 0.6 is 0 Å². The summed E-state index contributed by atoms with van der Waals surface area (Å²) < 4.78 is 15.6. The fourth-order valence-corrected chi connectivity index (χ4v) is 3.66. The van der Waals surface area contributed by atoms with Crippen LogP contribution in [0.1, 0.15) is 23.9 Å². The Morgan fingerprint density at radius 2 is 1.39 bits per heavy atom. The van der Waals surface area contributed by atoms with E-state index in [0.29, 0.717) is 17.1 Å². The highest BCUT2D eigenvalue weighted by Gasteiger charge is 2.20. The molecule has 0 atom stereocenters. The van der Waals surface area contributed by atoms with E-state index in [1.54, 1.807) is 19.1 Å². The molecule has 1 heterocycles. The topological polar surface area (TPSA) is 46.8 Å². The lowest BCUT2D eigenvalue weighted by atomic mass is 10.1. The maximum Gasteiger partial charge on any atom is 0.445 e. The van der Waals surface area contributed by atoms with Gasteiger partial charge in [0.05, 0.1) is 17.1 Å². The average molecular weight is 442 g/mol.